The molecule has 0 saturated carbocycles. The fraction of sp³-hybridized carbons (Fsp3) is 0.500. The zero-order valence-corrected chi connectivity index (χ0v) is 22.3. The average Bonchev–Trinajstić information content (AvgIpc) is 2.80. The SMILES string of the molecule is COc1cc2c(cc1OC)C(c1c(Cl)cccc1Cl)N(C(=O)NCCN(C(C)C)C(C)C)CC2. The number of hydrogen-bond donors (Lipinski definition) is 1. The molecule has 6 nitrogen and oxygen atoms in total. The molecule has 0 spiro atoms. The number of amides is 2. The molecule has 0 saturated heterocycles. The first-order valence-corrected chi connectivity index (χ1v) is 12.4. The van der Waals surface area contributed by atoms with E-state index in [1.54, 1.807) is 26.4 Å². The van der Waals surface area contributed by atoms with E-state index in [4.69, 9.17) is 32.7 Å². The van der Waals surface area contributed by atoms with Gasteiger partial charge in [-0.1, -0.05) is 29.3 Å². The minimum atomic E-state index is -0.448. The Bertz CT molecular complexity index is 985. The van der Waals surface area contributed by atoms with Crippen LogP contribution in [0, 0.1) is 0 Å². The normalized spacial score (nSPS) is 15.6. The number of rotatable bonds is 8. The van der Waals surface area contributed by atoms with Crippen molar-refractivity contribution in [2.24, 2.45) is 0 Å². The largest absolute Gasteiger partial charge is 0.493 e. The minimum absolute atomic E-state index is 0.145. The molecule has 0 bridgehead atoms. The van der Waals surface area contributed by atoms with Gasteiger partial charge in [0.2, 0.25) is 0 Å². The molecule has 0 aromatic heterocycles. The van der Waals surface area contributed by atoms with Crippen LogP contribution in [0.1, 0.15) is 50.4 Å². The molecule has 34 heavy (non-hydrogen) atoms. The van der Waals surface area contributed by atoms with Crippen LogP contribution in [0.25, 0.3) is 0 Å². The number of halogens is 2. The van der Waals surface area contributed by atoms with Gasteiger partial charge in [0.05, 0.1) is 20.3 Å². The molecule has 1 heterocycles. The van der Waals surface area contributed by atoms with Gasteiger partial charge in [0, 0.05) is 47.3 Å². The van der Waals surface area contributed by atoms with E-state index in [-0.39, 0.29) is 6.03 Å². The first-order valence-electron chi connectivity index (χ1n) is 11.7. The van der Waals surface area contributed by atoms with E-state index in [1.807, 2.05) is 23.1 Å². The molecule has 186 valence electrons. The molecule has 2 amide bonds. The number of carbonyl (C=O) groups excluding carboxylic acids is 1. The van der Waals surface area contributed by atoms with Crippen molar-refractivity contribution in [3.63, 3.8) is 0 Å². The predicted octanol–water partition coefficient (Wildman–Crippen LogP) is 5.79. The maximum Gasteiger partial charge on any atom is 0.318 e. The minimum Gasteiger partial charge on any atom is -0.493 e. The van der Waals surface area contributed by atoms with Crippen LogP contribution in [0.3, 0.4) is 0 Å². The summed E-state index contributed by atoms with van der Waals surface area (Å²) in [6, 6.07) is 9.52. The highest BCUT2D eigenvalue weighted by Gasteiger charge is 2.35. The summed E-state index contributed by atoms with van der Waals surface area (Å²) in [6.07, 6.45) is 0.686. The Morgan fingerprint density at radius 2 is 1.68 bits per heavy atom. The molecule has 3 rings (SSSR count). The second-order valence-corrected chi connectivity index (χ2v) is 9.86. The monoisotopic (exact) mass is 507 g/mol. The van der Waals surface area contributed by atoms with Crippen LogP contribution in [0.4, 0.5) is 4.79 Å². The smallest absolute Gasteiger partial charge is 0.318 e. The number of urea groups is 1. The first-order chi connectivity index (χ1) is 16.2. The summed E-state index contributed by atoms with van der Waals surface area (Å²) < 4.78 is 11.1. The van der Waals surface area contributed by atoms with Crippen molar-refractivity contribution in [2.45, 2.75) is 52.2 Å². The number of ether oxygens (including phenoxy) is 2. The molecule has 1 aliphatic rings. The van der Waals surface area contributed by atoms with E-state index >= 15 is 0 Å². The lowest BCUT2D eigenvalue weighted by molar-refractivity contribution is 0.162. The highest BCUT2D eigenvalue weighted by atomic mass is 35.5. The molecule has 0 radical (unpaired) electrons. The van der Waals surface area contributed by atoms with Gasteiger partial charge in [0.15, 0.2) is 11.5 Å². The van der Waals surface area contributed by atoms with Gasteiger partial charge in [0.25, 0.3) is 0 Å². The van der Waals surface area contributed by atoms with Crippen molar-refractivity contribution < 1.29 is 14.3 Å². The van der Waals surface area contributed by atoms with Gasteiger partial charge in [-0.2, -0.15) is 0 Å². The molecule has 1 unspecified atom stereocenters. The summed E-state index contributed by atoms with van der Waals surface area (Å²) in [5, 5.41) is 4.15. The lowest BCUT2D eigenvalue weighted by Crippen LogP contribution is -2.49. The van der Waals surface area contributed by atoms with Crippen molar-refractivity contribution >= 4 is 29.2 Å². The Morgan fingerprint density at radius 3 is 2.24 bits per heavy atom. The van der Waals surface area contributed by atoms with Gasteiger partial charge in [-0.3, -0.25) is 4.90 Å². The number of hydrogen-bond acceptors (Lipinski definition) is 4. The average molecular weight is 508 g/mol. The third-order valence-electron chi connectivity index (χ3n) is 6.38. The lowest BCUT2D eigenvalue weighted by atomic mass is 9.87. The summed E-state index contributed by atoms with van der Waals surface area (Å²) in [6.45, 7) is 10.5. The van der Waals surface area contributed by atoms with E-state index in [9.17, 15) is 4.79 Å². The van der Waals surface area contributed by atoms with Crippen molar-refractivity contribution in [3.8, 4) is 11.5 Å². The van der Waals surface area contributed by atoms with Crippen LogP contribution in [0.5, 0.6) is 11.5 Å². The Hall–Kier alpha value is -2.15. The molecular weight excluding hydrogens is 473 g/mol. The van der Waals surface area contributed by atoms with Gasteiger partial charge >= 0.3 is 6.03 Å². The van der Waals surface area contributed by atoms with Gasteiger partial charge in [-0.25, -0.2) is 4.79 Å². The molecule has 1 N–H and O–H groups in total. The second-order valence-electron chi connectivity index (χ2n) is 9.04. The summed E-state index contributed by atoms with van der Waals surface area (Å²) >= 11 is 13.3. The highest BCUT2D eigenvalue weighted by molar-refractivity contribution is 6.36. The third kappa shape index (κ3) is 5.56. The highest BCUT2D eigenvalue weighted by Crippen LogP contribution is 2.44. The topological polar surface area (TPSA) is 54.0 Å². The second kappa shape index (κ2) is 11.5. The maximum atomic E-state index is 13.5. The van der Waals surface area contributed by atoms with Gasteiger partial charge in [-0.05, 0) is 69.5 Å². The van der Waals surface area contributed by atoms with Crippen molar-refractivity contribution in [1.82, 2.24) is 15.1 Å². The molecule has 0 fully saturated rings. The number of methoxy groups -OCH3 is 2. The molecule has 0 aliphatic carbocycles. The lowest BCUT2D eigenvalue weighted by Gasteiger charge is -2.39. The number of carbonyl (C=O) groups is 1. The standard InChI is InChI=1S/C26H35Cl2N3O3/c1-16(2)30(17(3)4)13-11-29-26(32)31-12-10-18-14-22(33-5)23(34-6)15-19(18)25(31)24-20(27)8-7-9-21(24)28/h7-9,14-17,25H,10-13H2,1-6H3,(H,29,32). The Morgan fingerprint density at radius 1 is 1.09 bits per heavy atom. The van der Waals surface area contributed by atoms with Crippen LogP contribution in [0.15, 0.2) is 30.3 Å². The molecule has 1 aliphatic heterocycles. The zero-order valence-electron chi connectivity index (χ0n) is 20.8. The summed E-state index contributed by atoms with van der Waals surface area (Å²) in [7, 11) is 3.22. The van der Waals surface area contributed by atoms with E-state index in [0.717, 1.165) is 17.7 Å². The molecule has 2 aromatic carbocycles. The van der Waals surface area contributed by atoms with Crippen molar-refractivity contribution in [1.29, 1.82) is 0 Å². The third-order valence-corrected chi connectivity index (χ3v) is 7.04. The van der Waals surface area contributed by atoms with Crippen molar-refractivity contribution in [3.05, 3.63) is 57.1 Å². The Balaban J connectivity index is 1.97. The summed E-state index contributed by atoms with van der Waals surface area (Å²) in [5.74, 6) is 1.26. The van der Waals surface area contributed by atoms with Crippen LogP contribution >= 0.6 is 23.2 Å². The van der Waals surface area contributed by atoms with Gasteiger partial charge in [0.1, 0.15) is 0 Å². The molecule has 1 atom stereocenters. The van der Waals surface area contributed by atoms with E-state index in [1.165, 1.54) is 0 Å². The molecular formula is C26H35Cl2N3O3. The number of nitrogens with one attached hydrogen (secondary N) is 1. The summed E-state index contributed by atoms with van der Waals surface area (Å²) in [5.41, 5.74) is 2.72. The van der Waals surface area contributed by atoms with Gasteiger partial charge < -0.3 is 19.7 Å². The van der Waals surface area contributed by atoms with E-state index in [0.29, 0.717) is 58.7 Å². The van der Waals surface area contributed by atoms with Crippen LogP contribution < -0.4 is 14.8 Å². The van der Waals surface area contributed by atoms with Gasteiger partial charge in [-0.15, -0.1) is 0 Å². The van der Waals surface area contributed by atoms with E-state index < -0.39 is 6.04 Å². The fourth-order valence-corrected chi connectivity index (χ4v) is 5.36. The summed E-state index contributed by atoms with van der Waals surface area (Å²) in [4.78, 5) is 17.6. The number of nitrogens with zero attached hydrogens (tertiary/aromatic N) is 2. The first kappa shape index (κ1) is 26.5. The maximum absolute atomic E-state index is 13.5. The zero-order chi connectivity index (χ0) is 25.0. The quantitative estimate of drug-likeness (QED) is 0.491. The number of benzene rings is 2. The van der Waals surface area contributed by atoms with Crippen LogP contribution in [-0.4, -0.2) is 61.8 Å². The molecule has 2 aromatic rings. The van der Waals surface area contributed by atoms with Crippen LogP contribution in [-0.2, 0) is 6.42 Å². The Labute approximate surface area is 213 Å². The van der Waals surface area contributed by atoms with E-state index in [2.05, 4.69) is 37.9 Å². The fourth-order valence-electron chi connectivity index (χ4n) is 4.75. The van der Waals surface area contributed by atoms with Crippen LogP contribution in [0.2, 0.25) is 10.0 Å². The Kier molecular flexibility index (Phi) is 8.96. The molecule has 8 heteroatoms. The van der Waals surface area contributed by atoms with Crippen molar-refractivity contribution in [2.75, 3.05) is 33.9 Å². The predicted molar refractivity (Wildman–Crippen MR) is 139 cm³/mol. The number of fused-ring (bicyclic) bond motifs is 1.